The minimum Gasteiger partial charge on any atom is -0.347 e. The molecule has 0 N–H and O–H groups in total. The third-order valence-electron chi connectivity index (χ3n) is 5.14. The second-order valence-electron chi connectivity index (χ2n) is 7.21. The van der Waals surface area contributed by atoms with Crippen molar-refractivity contribution in [1.29, 1.82) is 0 Å². The van der Waals surface area contributed by atoms with Crippen LogP contribution < -0.4 is 0 Å². The maximum absolute atomic E-state index is 4.49. The van der Waals surface area contributed by atoms with Crippen LogP contribution in [0.3, 0.4) is 0 Å². The van der Waals surface area contributed by atoms with Crippen LogP contribution in [0.5, 0.6) is 0 Å². The molecule has 2 heterocycles. The van der Waals surface area contributed by atoms with Crippen LogP contribution >= 0.6 is 11.7 Å². The van der Waals surface area contributed by atoms with Crippen molar-refractivity contribution in [2.45, 2.75) is 77.7 Å². The highest BCUT2D eigenvalue weighted by Crippen LogP contribution is 2.28. The number of aryl methyl sites for hydroxylation is 1. The molecule has 0 unspecified atom stereocenters. The Labute approximate surface area is 161 Å². The van der Waals surface area contributed by atoms with E-state index in [1.165, 1.54) is 87.2 Å². The van der Waals surface area contributed by atoms with Gasteiger partial charge in [0.15, 0.2) is 0 Å². The number of hydrogen-bond donors (Lipinski definition) is 0. The molecule has 2 aromatic heterocycles. The maximum atomic E-state index is 4.49. The summed E-state index contributed by atoms with van der Waals surface area (Å²) < 4.78 is 11.2. The van der Waals surface area contributed by atoms with Crippen molar-refractivity contribution in [3.63, 3.8) is 0 Å². The zero-order valence-electron chi connectivity index (χ0n) is 16.0. The normalized spacial score (nSPS) is 11.4. The molecule has 0 saturated carbocycles. The zero-order valence-corrected chi connectivity index (χ0v) is 16.8. The van der Waals surface area contributed by atoms with E-state index in [9.17, 15) is 0 Å². The largest absolute Gasteiger partial charge is 0.347 e. The second kappa shape index (κ2) is 10.5. The predicted octanol–water partition coefficient (Wildman–Crippen LogP) is 7.08. The fourth-order valence-electron chi connectivity index (χ4n) is 3.64. The summed E-state index contributed by atoms with van der Waals surface area (Å²) in [5.41, 5.74) is 4.49. The van der Waals surface area contributed by atoms with Crippen LogP contribution in [0, 0.1) is 0 Å². The number of benzene rings is 1. The highest BCUT2D eigenvalue weighted by molar-refractivity contribution is 7.00. The Balaban J connectivity index is 1.42. The van der Waals surface area contributed by atoms with E-state index in [2.05, 4.69) is 50.7 Å². The van der Waals surface area contributed by atoms with Crippen LogP contribution in [-0.4, -0.2) is 13.3 Å². The summed E-state index contributed by atoms with van der Waals surface area (Å²) in [5, 5.41) is 0. The number of unbranched alkanes of at least 4 members (excludes halogenated alkanes) is 9. The highest BCUT2D eigenvalue weighted by Gasteiger charge is 2.10. The third-order valence-corrected chi connectivity index (χ3v) is 5.69. The van der Waals surface area contributed by atoms with Crippen LogP contribution in [-0.2, 0) is 6.54 Å². The molecule has 0 aliphatic heterocycles. The predicted molar refractivity (Wildman–Crippen MR) is 113 cm³/mol. The molecule has 3 rings (SSSR count). The van der Waals surface area contributed by atoms with Crippen molar-refractivity contribution in [3.8, 4) is 11.3 Å². The molecule has 0 saturated heterocycles. The summed E-state index contributed by atoms with van der Waals surface area (Å²) in [6, 6.07) is 10.6. The van der Waals surface area contributed by atoms with Gasteiger partial charge in [0.25, 0.3) is 0 Å². The van der Waals surface area contributed by atoms with E-state index in [4.69, 9.17) is 0 Å². The average Bonchev–Trinajstić information content (AvgIpc) is 3.32. The van der Waals surface area contributed by atoms with Crippen molar-refractivity contribution < 1.29 is 0 Å². The first-order valence-electron chi connectivity index (χ1n) is 10.3. The van der Waals surface area contributed by atoms with Crippen molar-refractivity contribution in [3.05, 3.63) is 36.5 Å². The van der Waals surface area contributed by atoms with E-state index < -0.39 is 0 Å². The van der Waals surface area contributed by atoms with Gasteiger partial charge in [-0.05, 0) is 24.6 Å². The Morgan fingerprint density at radius 1 is 0.808 bits per heavy atom. The topological polar surface area (TPSA) is 30.7 Å². The van der Waals surface area contributed by atoms with Crippen LogP contribution in [0.4, 0.5) is 0 Å². The molecule has 3 nitrogen and oxygen atoms in total. The fourth-order valence-corrected chi connectivity index (χ4v) is 4.19. The first-order valence-corrected chi connectivity index (χ1v) is 11.0. The van der Waals surface area contributed by atoms with Gasteiger partial charge in [0.1, 0.15) is 11.0 Å². The van der Waals surface area contributed by atoms with Crippen LogP contribution in [0.25, 0.3) is 22.3 Å². The number of aromatic nitrogens is 3. The lowest BCUT2D eigenvalue weighted by Gasteiger charge is -2.10. The average molecular weight is 370 g/mol. The van der Waals surface area contributed by atoms with Gasteiger partial charge in [-0.3, -0.25) is 0 Å². The van der Waals surface area contributed by atoms with Crippen LogP contribution in [0.2, 0.25) is 0 Å². The molecule has 140 valence electrons. The first-order chi connectivity index (χ1) is 12.9. The summed E-state index contributed by atoms with van der Waals surface area (Å²) >= 11 is 1.30. The Morgan fingerprint density at radius 2 is 1.54 bits per heavy atom. The van der Waals surface area contributed by atoms with Crippen molar-refractivity contribution in [2.75, 3.05) is 0 Å². The van der Waals surface area contributed by atoms with Gasteiger partial charge < -0.3 is 4.57 Å². The number of rotatable bonds is 12. The van der Waals surface area contributed by atoms with Gasteiger partial charge in [0.05, 0.1) is 17.4 Å². The Morgan fingerprint density at radius 3 is 2.31 bits per heavy atom. The lowest BCUT2D eigenvalue weighted by molar-refractivity contribution is 0.536. The molecular formula is C22H31N3S. The molecule has 0 radical (unpaired) electrons. The van der Waals surface area contributed by atoms with E-state index in [-0.39, 0.29) is 0 Å². The van der Waals surface area contributed by atoms with E-state index in [1.54, 1.807) is 0 Å². The van der Waals surface area contributed by atoms with Crippen molar-refractivity contribution in [1.82, 2.24) is 13.3 Å². The van der Waals surface area contributed by atoms with Gasteiger partial charge in [-0.25, -0.2) is 0 Å². The molecule has 0 aliphatic carbocycles. The molecule has 1 aromatic carbocycles. The van der Waals surface area contributed by atoms with Crippen molar-refractivity contribution in [2.24, 2.45) is 0 Å². The second-order valence-corrected chi connectivity index (χ2v) is 7.73. The fraction of sp³-hybridized carbons (Fsp3) is 0.545. The third kappa shape index (κ3) is 5.16. The monoisotopic (exact) mass is 369 g/mol. The number of fused-ring (bicyclic) bond motifs is 1. The molecule has 4 heteroatoms. The summed E-state index contributed by atoms with van der Waals surface area (Å²) in [5.74, 6) is 0. The molecule has 3 aromatic rings. The summed E-state index contributed by atoms with van der Waals surface area (Å²) in [6.07, 6.45) is 16.0. The molecule has 26 heavy (non-hydrogen) atoms. The molecule has 0 bridgehead atoms. The Hall–Kier alpha value is -1.68. The molecular weight excluding hydrogens is 338 g/mol. The zero-order chi connectivity index (χ0) is 18.0. The Kier molecular flexibility index (Phi) is 7.68. The molecule has 0 fully saturated rings. The Bertz CT molecular complexity index is 774. The van der Waals surface area contributed by atoms with Crippen LogP contribution in [0.15, 0.2) is 36.5 Å². The molecule has 0 amide bonds. The first kappa shape index (κ1) is 19.1. The van der Waals surface area contributed by atoms with Crippen LogP contribution in [0.1, 0.15) is 71.1 Å². The lowest BCUT2D eigenvalue weighted by Crippen LogP contribution is -1.99. The minimum atomic E-state index is 0.999. The molecule has 0 atom stereocenters. The van der Waals surface area contributed by atoms with E-state index >= 15 is 0 Å². The van der Waals surface area contributed by atoms with Gasteiger partial charge in [0.2, 0.25) is 0 Å². The van der Waals surface area contributed by atoms with E-state index in [1.807, 2.05) is 6.07 Å². The molecule has 0 spiro atoms. The summed E-state index contributed by atoms with van der Waals surface area (Å²) in [6.45, 7) is 3.37. The molecule has 0 aliphatic rings. The van der Waals surface area contributed by atoms with E-state index in [0.29, 0.717) is 0 Å². The van der Waals surface area contributed by atoms with Gasteiger partial charge >= 0.3 is 0 Å². The number of hydrogen-bond acceptors (Lipinski definition) is 3. The van der Waals surface area contributed by atoms with Gasteiger partial charge in [0, 0.05) is 18.3 Å². The SMILES string of the molecule is CCCCCCCCCCCCn1cccc1-c1cccc2nsnc12. The minimum absolute atomic E-state index is 0.999. The standard InChI is InChI=1S/C22H31N3S/c1-2-3-4-5-6-7-8-9-10-11-17-25-18-13-16-21(25)19-14-12-15-20-22(19)24-26-23-20/h12-16,18H,2-11,17H2,1H3. The smallest absolute Gasteiger partial charge is 0.114 e. The highest BCUT2D eigenvalue weighted by atomic mass is 32.1. The van der Waals surface area contributed by atoms with Crippen molar-refractivity contribution >= 4 is 22.8 Å². The maximum Gasteiger partial charge on any atom is 0.114 e. The summed E-state index contributed by atoms with van der Waals surface area (Å²) in [4.78, 5) is 0. The van der Waals surface area contributed by atoms with E-state index in [0.717, 1.165) is 17.6 Å². The van der Waals surface area contributed by atoms with Gasteiger partial charge in [-0.2, -0.15) is 8.75 Å². The quantitative estimate of drug-likeness (QED) is 0.319. The van der Waals surface area contributed by atoms with Gasteiger partial charge in [-0.1, -0.05) is 76.8 Å². The van der Waals surface area contributed by atoms with Gasteiger partial charge in [-0.15, -0.1) is 0 Å². The lowest BCUT2D eigenvalue weighted by atomic mass is 10.1. The number of nitrogens with zero attached hydrogens (tertiary/aromatic N) is 3. The summed E-state index contributed by atoms with van der Waals surface area (Å²) in [7, 11) is 0.